The molecule has 1 fully saturated rings. The molecule has 1 aromatic heterocycles. The van der Waals surface area contributed by atoms with E-state index in [0.29, 0.717) is 0 Å². The number of nitrogens with one attached hydrogen (secondary N) is 1. The number of rotatable bonds is 6. The topological polar surface area (TPSA) is 69.8 Å². The summed E-state index contributed by atoms with van der Waals surface area (Å²) in [6.45, 7) is 4.56. The summed E-state index contributed by atoms with van der Waals surface area (Å²) in [4.78, 5) is 9.39. The molecule has 0 atom stereocenters. The van der Waals surface area contributed by atoms with Gasteiger partial charge in [0, 0.05) is 44.5 Å². The summed E-state index contributed by atoms with van der Waals surface area (Å²) in [6.07, 6.45) is 3.58. The zero-order chi connectivity index (χ0) is 22.3. The van der Waals surface area contributed by atoms with Gasteiger partial charge in [0.05, 0.1) is 6.21 Å². The second-order valence-electron chi connectivity index (χ2n) is 7.65. The number of benzene rings is 2. The molecule has 32 heavy (non-hydrogen) atoms. The van der Waals surface area contributed by atoms with Crippen molar-refractivity contribution in [2.24, 2.45) is 10.8 Å². The summed E-state index contributed by atoms with van der Waals surface area (Å²) < 4.78 is 13.1. The molecule has 0 aliphatic carbocycles. The Hall–Kier alpha value is -3.36. The highest BCUT2D eigenvalue weighted by molar-refractivity contribution is 7.80. The third-order valence-electron chi connectivity index (χ3n) is 5.37. The number of aromatic nitrogens is 1. The van der Waals surface area contributed by atoms with Gasteiger partial charge in [0.25, 0.3) is 0 Å². The molecular weight excluding hydrogens is 423 g/mol. The fourth-order valence-corrected chi connectivity index (χ4v) is 3.75. The van der Waals surface area contributed by atoms with E-state index in [0.717, 1.165) is 60.8 Å². The molecule has 4 rings (SSSR count). The summed E-state index contributed by atoms with van der Waals surface area (Å²) in [6, 6.07) is 18.9. The first-order valence-electron chi connectivity index (χ1n) is 10.4. The van der Waals surface area contributed by atoms with Crippen molar-refractivity contribution in [1.29, 1.82) is 0 Å². The van der Waals surface area contributed by atoms with Crippen LogP contribution in [0.3, 0.4) is 0 Å². The van der Waals surface area contributed by atoms with E-state index < -0.39 is 0 Å². The van der Waals surface area contributed by atoms with Crippen LogP contribution >= 0.6 is 12.2 Å². The van der Waals surface area contributed by atoms with Crippen molar-refractivity contribution >= 4 is 29.4 Å². The van der Waals surface area contributed by atoms with Gasteiger partial charge in [-0.15, -0.1) is 0 Å². The predicted octanol–water partition coefficient (Wildman–Crippen LogP) is 3.38. The van der Waals surface area contributed by atoms with Crippen molar-refractivity contribution in [3.05, 3.63) is 83.8 Å². The van der Waals surface area contributed by atoms with Crippen molar-refractivity contribution in [3.63, 3.8) is 0 Å². The van der Waals surface area contributed by atoms with Crippen LogP contribution in [-0.2, 0) is 6.54 Å². The molecule has 0 radical (unpaired) electrons. The van der Waals surface area contributed by atoms with E-state index >= 15 is 0 Å². The minimum absolute atomic E-state index is 0.133. The lowest BCUT2D eigenvalue weighted by Gasteiger charge is -2.35. The average molecular weight is 449 g/mol. The Kier molecular flexibility index (Phi) is 7.03. The largest absolute Gasteiger partial charge is 0.375 e. The molecule has 0 amide bonds. The summed E-state index contributed by atoms with van der Waals surface area (Å²) in [5, 5.41) is 4.14. The Morgan fingerprint density at radius 3 is 2.53 bits per heavy atom. The first kappa shape index (κ1) is 21.9. The molecular formula is C24H25FN6S. The predicted molar refractivity (Wildman–Crippen MR) is 131 cm³/mol. The smallest absolute Gasteiger partial charge is 0.184 e. The Morgan fingerprint density at radius 1 is 1.06 bits per heavy atom. The normalized spacial score (nSPS) is 14.6. The van der Waals surface area contributed by atoms with E-state index in [2.05, 4.69) is 32.5 Å². The van der Waals surface area contributed by atoms with Gasteiger partial charge in [-0.1, -0.05) is 30.3 Å². The number of halogens is 1. The van der Waals surface area contributed by atoms with E-state index in [1.807, 2.05) is 42.6 Å². The molecule has 0 spiro atoms. The molecule has 0 unspecified atom stereocenters. The maximum atomic E-state index is 13.1. The van der Waals surface area contributed by atoms with Crippen molar-refractivity contribution in [2.75, 3.05) is 31.1 Å². The summed E-state index contributed by atoms with van der Waals surface area (Å²) in [7, 11) is 0. The number of thiocarbonyl (C=S) groups is 1. The molecule has 0 bridgehead atoms. The highest BCUT2D eigenvalue weighted by Crippen LogP contribution is 2.22. The van der Waals surface area contributed by atoms with Crippen LogP contribution in [0.15, 0.2) is 72.0 Å². The van der Waals surface area contributed by atoms with Gasteiger partial charge in [-0.3, -0.25) is 10.3 Å². The van der Waals surface area contributed by atoms with Crippen molar-refractivity contribution in [1.82, 2.24) is 15.3 Å². The Labute approximate surface area is 192 Å². The standard InChI is InChI=1S/C24H25FN6S/c25-22-7-4-18(5-8-22)17-30-10-12-31(13-11-30)23-9-6-21(16-27-23)20-3-1-2-19(14-20)15-28-29-24(26)32/h1-9,14-16H,10-13,17H2,(H3,26,29,32). The zero-order valence-corrected chi connectivity index (χ0v) is 18.4. The van der Waals surface area contributed by atoms with E-state index in [1.54, 1.807) is 6.21 Å². The monoisotopic (exact) mass is 448 g/mol. The maximum Gasteiger partial charge on any atom is 0.184 e. The van der Waals surface area contributed by atoms with Gasteiger partial charge in [-0.2, -0.15) is 5.10 Å². The van der Waals surface area contributed by atoms with Crippen molar-refractivity contribution in [3.8, 4) is 11.1 Å². The van der Waals surface area contributed by atoms with Crippen LogP contribution < -0.4 is 16.1 Å². The van der Waals surface area contributed by atoms with Crippen LogP contribution in [-0.4, -0.2) is 47.4 Å². The Morgan fingerprint density at radius 2 is 1.84 bits per heavy atom. The average Bonchev–Trinajstić information content (AvgIpc) is 2.81. The molecule has 0 saturated carbocycles. The van der Waals surface area contributed by atoms with Crippen LogP contribution in [0.1, 0.15) is 11.1 Å². The van der Waals surface area contributed by atoms with E-state index in [4.69, 9.17) is 22.9 Å². The number of hydrogen-bond donors (Lipinski definition) is 2. The van der Waals surface area contributed by atoms with Gasteiger partial charge in [0.15, 0.2) is 5.11 Å². The molecule has 1 saturated heterocycles. The van der Waals surface area contributed by atoms with Crippen molar-refractivity contribution in [2.45, 2.75) is 6.54 Å². The molecule has 1 aliphatic heterocycles. The number of hydrazone groups is 1. The van der Waals surface area contributed by atoms with Gasteiger partial charge in [0.1, 0.15) is 11.6 Å². The number of anilines is 1. The molecule has 2 aromatic carbocycles. The summed E-state index contributed by atoms with van der Waals surface area (Å²) >= 11 is 4.74. The number of pyridine rings is 1. The molecule has 1 aliphatic rings. The lowest BCUT2D eigenvalue weighted by atomic mass is 10.1. The SMILES string of the molecule is NC(=S)NN=Cc1cccc(-c2ccc(N3CCN(Cc4ccc(F)cc4)CC3)nc2)c1. The van der Waals surface area contributed by atoms with Crippen LogP contribution in [0.5, 0.6) is 0 Å². The highest BCUT2D eigenvalue weighted by Gasteiger charge is 2.18. The lowest BCUT2D eigenvalue weighted by molar-refractivity contribution is 0.249. The second kappa shape index (κ2) is 10.3. The molecule has 8 heteroatoms. The van der Waals surface area contributed by atoms with E-state index in [1.165, 1.54) is 12.1 Å². The van der Waals surface area contributed by atoms with Crippen LogP contribution in [0.25, 0.3) is 11.1 Å². The molecule has 2 heterocycles. The lowest BCUT2D eigenvalue weighted by Crippen LogP contribution is -2.46. The first-order chi connectivity index (χ1) is 15.6. The quantitative estimate of drug-likeness (QED) is 0.342. The molecule has 3 aromatic rings. The van der Waals surface area contributed by atoms with Gasteiger partial charge in [0.2, 0.25) is 0 Å². The van der Waals surface area contributed by atoms with Crippen LogP contribution in [0.4, 0.5) is 10.2 Å². The molecule has 164 valence electrons. The highest BCUT2D eigenvalue weighted by atomic mass is 32.1. The van der Waals surface area contributed by atoms with Gasteiger partial charge >= 0.3 is 0 Å². The third kappa shape index (κ3) is 5.87. The number of nitrogens with zero attached hydrogens (tertiary/aromatic N) is 4. The first-order valence-corrected chi connectivity index (χ1v) is 10.8. The van der Waals surface area contributed by atoms with Crippen LogP contribution in [0, 0.1) is 5.82 Å². The second-order valence-corrected chi connectivity index (χ2v) is 8.09. The fraction of sp³-hybridized carbons (Fsp3) is 0.208. The van der Waals surface area contributed by atoms with Gasteiger partial charge < -0.3 is 10.6 Å². The zero-order valence-electron chi connectivity index (χ0n) is 17.6. The maximum absolute atomic E-state index is 13.1. The summed E-state index contributed by atoms with van der Waals surface area (Å²) in [5.74, 6) is 0.787. The minimum atomic E-state index is -0.193. The fourth-order valence-electron chi connectivity index (χ4n) is 3.70. The third-order valence-corrected chi connectivity index (χ3v) is 5.46. The number of nitrogens with two attached hydrogens (primary N) is 1. The number of piperazine rings is 1. The van der Waals surface area contributed by atoms with E-state index in [9.17, 15) is 4.39 Å². The van der Waals surface area contributed by atoms with Crippen molar-refractivity contribution < 1.29 is 4.39 Å². The Balaban J connectivity index is 1.35. The van der Waals surface area contributed by atoms with E-state index in [-0.39, 0.29) is 10.9 Å². The molecule has 6 nitrogen and oxygen atoms in total. The summed E-state index contributed by atoms with van der Waals surface area (Å²) in [5.41, 5.74) is 12.1. The Bertz CT molecular complexity index is 1080. The number of hydrogen-bond acceptors (Lipinski definition) is 5. The van der Waals surface area contributed by atoms with Crippen LogP contribution in [0.2, 0.25) is 0 Å². The van der Waals surface area contributed by atoms with Gasteiger partial charge in [-0.05, 0) is 59.2 Å². The molecule has 3 N–H and O–H groups in total. The minimum Gasteiger partial charge on any atom is -0.375 e. The van der Waals surface area contributed by atoms with Gasteiger partial charge in [-0.25, -0.2) is 9.37 Å².